The second-order valence-corrected chi connectivity index (χ2v) is 3.88. The average molecular weight is 236 g/mol. The Hall–Kier alpha value is -2.09. The molecule has 1 aromatic carbocycles. The van der Waals surface area contributed by atoms with E-state index in [-0.39, 0.29) is 23.8 Å². The Bertz CT molecular complexity index is 468. The fourth-order valence-corrected chi connectivity index (χ4v) is 1.42. The van der Waals surface area contributed by atoms with Crippen molar-refractivity contribution >= 4 is 5.91 Å². The molecule has 0 bridgehead atoms. The number of phenols is 1. The summed E-state index contributed by atoms with van der Waals surface area (Å²) in [5.41, 5.74) is -0.0994. The number of nitrogens with zero attached hydrogens (tertiary/aromatic N) is 2. The van der Waals surface area contributed by atoms with E-state index in [1.54, 1.807) is 6.92 Å². The number of hydrogen-bond acceptors (Lipinski definition) is 3. The van der Waals surface area contributed by atoms with Crippen LogP contribution in [-0.4, -0.2) is 29.5 Å². The minimum atomic E-state index is -0.590. The highest BCUT2D eigenvalue weighted by molar-refractivity contribution is 5.96. The van der Waals surface area contributed by atoms with E-state index in [1.165, 1.54) is 11.9 Å². The molecule has 1 atom stereocenters. The van der Waals surface area contributed by atoms with Crippen molar-refractivity contribution < 1.29 is 14.3 Å². The zero-order valence-corrected chi connectivity index (χ0v) is 9.64. The molecule has 90 valence electrons. The molecule has 0 spiro atoms. The quantitative estimate of drug-likeness (QED) is 0.869. The summed E-state index contributed by atoms with van der Waals surface area (Å²) in [7, 11) is 1.50. The van der Waals surface area contributed by atoms with Gasteiger partial charge in [-0.15, -0.1) is 0 Å². The third kappa shape index (κ3) is 3.18. The second-order valence-electron chi connectivity index (χ2n) is 3.88. The largest absolute Gasteiger partial charge is 0.507 e. The van der Waals surface area contributed by atoms with Gasteiger partial charge in [0, 0.05) is 13.6 Å². The molecule has 0 aliphatic rings. The molecule has 1 N–H and O–H groups in total. The van der Waals surface area contributed by atoms with Crippen LogP contribution in [0.15, 0.2) is 18.2 Å². The van der Waals surface area contributed by atoms with Crippen molar-refractivity contribution in [2.24, 2.45) is 5.92 Å². The molecule has 0 saturated heterocycles. The van der Waals surface area contributed by atoms with E-state index in [2.05, 4.69) is 0 Å². The van der Waals surface area contributed by atoms with Crippen LogP contribution in [0.25, 0.3) is 0 Å². The van der Waals surface area contributed by atoms with E-state index >= 15 is 0 Å². The van der Waals surface area contributed by atoms with Crippen molar-refractivity contribution in [1.29, 1.82) is 5.26 Å². The molecule has 4 nitrogen and oxygen atoms in total. The van der Waals surface area contributed by atoms with E-state index in [0.29, 0.717) is 0 Å². The number of amides is 1. The minimum absolute atomic E-state index is 0.0994. The number of rotatable bonds is 3. The van der Waals surface area contributed by atoms with Crippen molar-refractivity contribution in [3.05, 3.63) is 29.6 Å². The Kier molecular flexibility index (Phi) is 4.05. The van der Waals surface area contributed by atoms with E-state index in [1.807, 2.05) is 6.07 Å². The number of nitriles is 1. The first kappa shape index (κ1) is 13.0. The van der Waals surface area contributed by atoms with Gasteiger partial charge >= 0.3 is 0 Å². The summed E-state index contributed by atoms with van der Waals surface area (Å²) in [6.45, 7) is 1.90. The minimum Gasteiger partial charge on any atom is -0.507 e. The lowest BCUT2D eigenvalue weighted by Crippen LogP contribution is -2.30. The van der Waals surface area contributed by atoms with Crippen LogP contribution in [-0.2, 0) is 0 Å². The van der Waals surface area contributed by atoms with Crippen LogP contribution in [0.4, 0.5) is 4.39 Å². The van der Waals surface area contributed by atoms with Crippen molar-refractivity contribution in [3.8, 4) is 11.8 Å². The third-order valence-electron chi connectivity index (χ3n) is 2.30. The average Bonchev–Trinajstić information content (AvgIpc) is 2.31. The topological polar surface area (TPSA) is 64.3 Å². The number of hydrogen-bond donors (Lipinski definition) is 1. The molecule has 0 aliphatic carbocycles. The standard InChI is InChI=1S/C12H13FN2O2/c1-8(6-14)7-15(2)12(17)10-5-9(13)3-4-11(10)16/h3-5,8,16H,7H2,1-2H3. The molecular weight excluding hydrogens is 223 g/mol. The predicted molar refractivity (Wildman–Crippen MR) is 59.8 cm³/mol. The zero-order chi connectivity index (χ0) is 13.0. The Balaban J connectivity index is 2.89. The molecule has 0 aliphatic heterocycles. The van der Waals surface area contributed by atoms with E-state index < -0.39 is 11.7 Å². The maximum atomic E-state index is 13.0. The normalized spacial score (nSPS) is 11.6. The lowest BCUT2D eigenvalue weighted by molar-refractivity contribution is 0.0781. The molecule has 0 saturated carbocycles. The van der Waals surface area contributed by atoms with E-state index in [0.717, 1.165) is 18.2 Å². The maximum absolute atomic E-state index is 13.0. The van der Waals surface area contributed by atoms with E-state index in [4.69, 9.17) is 5.26 Å². The lowest BCUT2D eigenvalue weighted by atomic mass is 10.1. The fourth-order valence-electron chi connectivity index (χ4n) is 1.42. The van der Waals surface area contributed by atoms with Gasteiger partial charge in [0.2, 0.25) is 0 Å². The molecule has 0 radical (unpaired) electrons. The summed E-state index contributed by atoms with van der Waals surface area (Å²) < 4.78 is 13.0. The molecule has 5 heteroatoms. The number of carbonyl (C=O) groups excluding carboxylic acids is 1. The van der Waals surface area contributed by atoms with Gasteiger partial charge in [0.15, 0.2) is 0 Å². The van der Waals surface area contributed by atoms with Crippen LogP contribution >= 0.6 is 0 Å². The molecule has 1 rings (SSSR count). The first-order chi connectivity index (χ1) is 7.95. The predicted octanol–water partition coefficient (Wildman–Crippen LogP) is 1.76. The van der Waals surface area contributed by atoms with Crippen LogP contribution in [0.2, 0.25) is 0 Å². The highest BCUT2D eigenvalue weighted by Gasteiger charge is 2.18. The zero-order valence-electron chi connectivity index (χ0n) is 9.64. The van der Waals surface area contributed by atoms with Gasteiger partial charge in [-0.25, -0.2) is 4.39 Å². The van der Waals surface area contributed by atoms with Crippen molar-refractivity contribution in [1.82, 2.24) is 4.90 Å². The number of benzene rings is 1. The van der Waals surface area contributed by atoms with Gasteiger partial charge in [-0.05, 0) is 25.1 Å². The summed E-state index contributed by atoms with van der Waals surface area (Å²) >= 11 is 0. The van der Waals surface area contributed by atoms with Gasteiger partial charge in [0.25, 0.3) is 5.91 Å². The van der Waals surface area contributed by atoms with Crippen LogP contribution < -0.4 is 0 Å². The fraction of sp³-hybridized carbons (Fsp3) is 0.333. The van der Waals surface area contributed by atoms with Crippen molar-refractivity contribution in [2.75, 3.05) is 13.6 Å². The molecule has 1 amide bonds. The van der Waals surface area contributed by atoms with Crippen molar-refractivity contribution in [2.45, 2.75) is 6.92 Å². The summed E-state index contributed by atoms with van der Waals surface area (Å²) in [5.74, 6) is -1.69. The maximum Gasteiger partial charge on any atom is 0.257 e. The highest BCUT2D eigenvalue weighted by atomic mass is 19.1. The van der Waals surface area contributed by atoms with E-state index in [9.17, 15) is 14.3 Å². The second kappa shape index (κ2) is 5.30. The Morgan fingerprint density at radius 2 is 2.29 bits per heavy atom. The summed E-state index contributed by atoms with van der Waals surface area (Å²) in [6.07, 6.45) is 0. The van der Waals surface area contributed by atoms with Gasteiger partial charge in [-0.3, -0.25) is 4.79 Å². The summed E-state index contributed by atoms with van der Waals surface area (Å²) in [5, 5.41) is 18.1. The number of phenolic OH excluding ortho intramolecular Hbond substituents is 1. The molecule has 1 unspecified atom stereocenters. The first-order valence-corrected chi connectivity index (χ1v) is 5.09. The van der Waals surface area contributed by atoms with Crippen LogP contribution in [0.5, 0.6) is 5.75 Å². The molecule has 0 heterocycles. The number of carbonyl (C=O) groups is 1. The number of halogens is 1. The van der Waals surface area contributed by atoms with Gasteiger partial charge in [-0.1, -0.05) is 0 Å². The van der Waals surface area contributed by atoms with Gasteiger partial charge in [-0.2, -0.15) is 5.26 Å². The molecule has 0 fully saturated rings. The third-order valence-corrected chi connectivity index (χ3v) is 2.30. The lowest BCUT2D eigenvalue weighted by Gasteiger charge is -2.18. The summed E-state index contributed by atoms with van der Waals surface area (Å²) in [6, 6.07) is 5.18. The van der Waals surface area contributed by atoms with Gasteiger partial charge < -0.3 is 10.0 Å². The molecule has 17 heavy (non-hydrogen) atoms. The van der Waals surface area contributed by atoms with Crippen LogP contribution in [0.1, 0.15) is 17.3 Å². The Morgan fingerprint density at radius 3 is 2.88 bits per heavy atom. The monoisotopic (exact) mass is 236 g/mol. The Morgan fingerprint density at radius 1 is 1.65 bits per heavy atom. The van der Waals surface area contributed by atoms with Gasteiger partial charge in [0.05, 0.1) is 17.6 Å². The summed E-state index contributed by atoms with van der Waals surface area (Å²) in [4.78, 5) is 13.1. The smallest absolute Gasteiger partial charge is 0.257 e. The molecular formula is C12H13FN2O2. The van der Waals surface area contributed by atoms with Crippen molar-refractivity contribution in [3.63, 3.8) is 0 Å². The van der Waals surface area contributed by atoms with Crippen LogP contribution in [0, 0.1) is 23.1 Å². The molecule has 1 aromatic rings. The number of aromatic hydroxyl groups is 1. The Labute approximate surface area is 98.9 Å². The van der Waals surface area contributed by atoms with Crippen LogP contribution in [0.3, 0.4) is 0 Å². The highest BCUT2D eigenvalue weighted by Crippen LogP contribution is 2.19. The molecule has 0 aromatic heterocycles. The SMILES string of the molecule is CC(C#N)CN(C)C(=O)c1cc(F)ccc1O. The first-order valence-electron chi connectivity index (χ1n) is 5.09. The van der Waals surface area contributed by atoms with Gasteiger partial charge in [0.1, 0.15) is 11.6 Å².